The minimum Gasteiger partial charge on any atom is -0.481 e. The van der Waals surface area contributed by atoms with Gasteiger partial charge in [0.05, 0.1) is 0 Å². The summed E-state index contributed by atoms with van der Waals surface area (Å²) in [4.78, 5) is 22.4. The first-order valence-electron chi connectivity index (χ1n) is 8.36. The molecule has 124 valence electrons. The van der Waals surface area contributed by atoms with Gasteiger partial charge in [-0.05, 0) is 32.1 Å². The van der Waals surface area contributed by atoms with Gasteiger partial charge in [0.2, 0.25) is 0 Å². The van der Waals surface area contributed by atoms with Crippen molar-refractivity contribution < 1.29 is 19.8 Å². The van der Waals surface area contributed by atoms with Crippen LogP contribution in [0, 0.1) is 0 Å². The Morgan fingerprint density at radius 1 is 1.18 bits per heavy atom. The van der Waals surface area contributed by atoms with E-state index in [2.05, 4.69) is 6.92 Å². The smallest absolute Gasteiger partial charge is 0.303 e. The van der Waals surface area contributed by atoms with Crippen LogP contribution in [0.5, 0.6) is 0 Å². The number of carboxylic acid groups (broad SMARTS) is 1. The number of aliphatic carboxylic acids is 1. The highest BCUT2D eigenvalue weighted by Gasteiger charge is 2.29. The average Bonchev–Trinajstić information content (AvgIpc) is 2.74. The Balaban J connectivity index is 2.32. The molecular weight excluding hydrogens is 280 g/mol. The fourth-order valence-corrected chi connectivity index (χ4v) is 2.84. The van der Waals surface area contributed by atoms with Gasteiger partial charge >= 0.3 is 5.97 Å². The summed E-state index contributed by atoms with van der Waals surface area (Å²) in [5, 5.41) is 18.3. The lowest BCUT2D eigenvalue weighted by Crippen LogP contribution is -2.14. The van der Waals surface area contributed by atoms with E-state index in [4.69, 9.17) is 5.11 Å². The van der Waals surface area contributed by atoms with E-state index in [0.29, 0.717) is 12.8 Å². The van der Waals surface area contributed by atoms with Crippen LogP contribution in [0.2, 0.25) is 0 Å². The van der Waals surface area contributed by atoms with E-state index in [-0.39, 0.29) is 12.2 Å². The van der Waals surface area contributed by atoms with Crippen LogP contribution in [0.1, 0.15) is 71.1 Å². The molecule has 0 amide bonds. The number of aliphatic hydroxyl groups excluding tert-OH is 1. The highest BCUT2D eigenvalue weighted by molar-refractivity contribution is 6.02. The minimum atomic E-state index is -0.837. The van der Waals surface area contributed by atoms with E-state index in [1.807, 2.05) is 12.2 Å². The van der Waals surface area contributed by atoms with Crippen LogP contribution < -0.4 is 0 Å². The maximum atomic E-state index is 12.0. The minimum absolute atomic E-state index is 0.0998. The molecule has 2 N–H and O–H groups in total. The Hall–Kier alpha value is -1.42. The molecule has 1 unspecified atom stereocenters. The highest BCUT2D eigenvalue weighted by atomic mass is 16.4. The van der Waals surface area contributed by atoms with Crippen LogP contribution in [0.4, 0.5) is 0 Å². The summed E-state index contributed by atoms with van der Waals surface area (Å²) in [6.45, 7) is 2.06. The molecule has 4 nitrogen and oxygen atoms in total. The zero-order chi connectivity index (χ0) is 16.4. The quantitative estimate of drug-likeness (QED) is 0.450. The number of hydrogen-bond donors (Lipinski definition) is 2. The normalized spacial score (nSPS) is 18.6. The zero-order valence-corrected chi connectivity index (χ0v) is 13.5. The second kappa shape index (κ2) is 10.3. The molecule has 4 heteroatoms. The molecule has 0 aromatic heterocycles. The van der Waals surface area contributed by atoms with Gasteiger partial charge in [0.1, 0.15) is 6.10 Å². The van der Waals surface area contributed by atoms with Crippen molar-refractivity contribution in [2.45, 2.75) is 77.2 Å². The molecule has 0 heterocycles. The first-order chi connectivity index (χ1) is 10.6. The molecule has 22 heavy (non-hydrogen) atoms. The van der Waals surface area contributed by atoms with Crippen molar-refractivity contribution in [3.63, 3.8) is 0 Å². The molecule has 0 saturated carbocycles. The van der Waals surface area contributed by atoms with Crippen LogP contribution >= 0.6 is 0 Å². The van der Waals surface area contributed by atoms with Crippen LogP contribution in [0.25, 0.3) is 0 Å². The summed E-state index contributed by atoms with van der Waals surface area (Å²) in [5.74, 6) is -0.828. The molecule has 0 aromatic rings. The van der Waals surface area contributed by atoms with E-state index in [1.54, 1.807) is 0 Å². The van der Waals surface area contributed by atoms with Gasteiger partial charge in [-0.3, -0.25) is 9.59 Å². The molecule has 1 aliphatic rings. The molecular formula is C18H28O4. The molecule has 0 radical (unpaired) electrons. The third-order valence-corrected chi connectivity index (χ3v) is 4.06. The van der Waals surface area contributed by atoms with Crippen molar-refractivity contribution in [2.75, 3.05) is 0 Å². The topological polar surface area (TPSA) is 74.6 Å². The van der Waals surface area contributed by atoms with Crippen molar-refractivity contribution in [1.29, 1.82) is 0 Å². The largest absolute Gasteiger partial charge is 0.481 e. The van der Waals surface area contributed by atoms with Crippen molar-refractivity contribution in [3.05, 3.63) is 23.3 Å². The number of allylic oxidation sites excluding steroid dienone is 2. The lowest BCUT2D eigenvalue weighted by atomic mass is 10.0. The molecule has 0 aliphatic heterocycles. The Kier molecular flexibility index (Phi) is 8.75. The van der Waals surface area contributed by atoms with Crippen LogP contribution in [-0.4, -0.2) is 28.1 Å². The predicted molar refractivity (Wildman–Crippen MR) is 86.7 cm³/mol. The van der Waals surface area contributed by atoms with Gasteiger partial charge in [-0.15, -0.1) is 0 Å². The molecule has 1 aliphatic carbocycles. The van der Waals surface area contributed by atoms with Crippen LogP contribution in [-0.2, 0) is 9.59 Å². The molecule has 0 fully saturated rings. The summed E-state index contributed by atoms with van der Waals surface area (Å²) in [6, 6.07) is 0. The Bertz CT molecular complexity index is 434. The number of carbonyl (C=O) groups is 2. The number of rotatable bonds is 11. The Morgan fingerprint density at radius 2 is 1.86 bits per heavy atom. The first-order valence-corrected chi connectivity index (χ1v) is 8.36. The van der Waals surface area contributed by atoms with E-state index in [1.165, 1.54) is 0 Å². The van der Waals surface area contributed by atoms with Gasteiger partial charge in [0.15, 0.2) is 5.78 Å². The van der Waals surface area contributed by atoms with Gasteiger partial charge in [-0.25, -0.2) is 0 Å². The molecule has 0 saturated heterocycles. The maximum absolute atomic E-state index is 12.0. The first kappa shape index (κ1) is 18.6. The lowest BCUT2D eigenvalue weighted by molar-refractivity contribution is -0.137. The fraction of sp³-hybridized carbons (Fsp3) is 0.667. The second-order valence-electron chi connectivity index (χ2n) is 5.91. The van der Waals surface area contributed by atoms with E-state index in [0.717, 1.165) is 56.1 Å². The number of carboxylic acids is 1. The summed E-state index contributed by atoms with van der Waals surface area (Å²) in [7, 11) is 0. The highest BCUT2D eigenvalue weighted by Crippen LogP contribution is 2.30. The number of aliphatic hydroxyl groups is 1. The van der Waals surface area contributed by atoms with E-state index < -0.39 is 12.1 Å². The monoisotopic (exact) mass is 308 g/mol. The van der Waals surface area contributed by atoms with E-state index >= 15 is 0 Å². The standard InChI is InChI=1S/C18H28O4/c1-2-3-7-11-15-14(13-16(19)18(15)22)10-8-5-4-6-9-12-17(20)21/h3,7,16,19H,2,4-6,8-13H2,1H3,(H,20,21). The van der Waals surface area contributed by atoms with Gasteiger partial charge in [-0.1, -0.05) is 43.9 Å². The number of ketones is 1. The predicted octanol–water partition coefficient (Wildman–Crippen LogP) is 3.79. The summed E-state index contributed by atoms with van der Waals surface area (Å²) in [5.41, 5.74) is 1.92. The fourth-order valence-electron chi connectivity index (χ4n) is 2.84. The van der Waals surface area contributed by atoms with Gasteiger partial charge in [-0.2, -0.15) is 0 Å². The SMILES string of the molecule is CCC=CCC1=C(CCCCCCCC(=O)O)CC(O)C1=O. The van der Waals surface area contributed by atoms with Gasteiger partial charge in [0.25, 0.3) is 0 Å². The third-order valence-electron chi connectivity index (χ3n) is 4.06. The number of hydrogen-bond acceptors (Lipinski definition) is 3. The summed E-state index contributed by atoms with van der Waals surface area (Å²) >= 11 is 0. The lowest BCUT2D eigenvalue weighted by Gasteiger charge is -2.05. The van der Waals surface area contributed by atoms with Crippen LogP contribution in [0.3, 0.4) is 0 Å². The summed E-state index contributed by atoms with van der Waals surface area (Å²) in [6.07, 6.45) is 11.2. The number of Topliss-reactive ketones (excluding diaryl/α,β-unsaturated/α-hetero) is 1. The van der Waals surface area contributed by atoms with Crippen molar-refractivity contribution in [3.8, 4) is 0 Å². The number of unbranched alkanes of at least 4 members (excludes halogenated alkanes) is 4. The van der Waals surface area contributed by atoms with Gasteiger partial charge in [0, 0.05) is 18.4 Å². The van der Waals surface area contributed by atoms with Crippen LogP contribution in [0.15, 0.2) is 23.3 Å². The molecule has 0 aromatic carbocycles. The molecule has 1 rings (SSSR count). The van der Waals surface area contributed by atoms with Crippen molar-refractivity contribution >= 4 is 11.8 Å². The third kappa shape index (κ3) is 6.56. The average molecular weight is 308 g/mol. The van der Waals surface area contributed by atoms with Crippen molar-refractivity contribution in [2.24, 2.45) is 0 Å². The molecule has 0 bridgehead atoms. The van der Waals surface area contributed by atoms with E-state index in [9.17, 15) is 14.7 Å². The van der Waals surface area contributed by atoms with Crippen molar-refractivity contribution in [1.82, 2.24) is 0 Å². The maximum Gasteiger partial charge on any atom is 0.303 e. The summed E-state index contributed by atoms with van der Waals surface area (Å²) < 4.78 is 0. The van der Waals surface area contributed by atoms with Gasteiger partial charge < -0.3 is 10.2 Å². The molecule has 1 atom stereocenters. The second-order valence-corrected chi connectivity index (χ2v) is 5.91. The zero-order valence-electron chi connectivity index (χ0n) is 13.5. The number of carbonyl (C=O) groups excluding carboxylic acids is 1. The molecule has 0 spiro atoms. The Morgan fingerprint density at radius 3 is 2.55 bits per heavy atom. The Labute approximate surface area is 132 Å².